The lowest BCUT2D eigenvalue weighted by atomic mass is 10.1. The largest absolute Gasteiger partial charge is 0.467 e. The number of hydrogen-bond donors (Lipinski definition) is 0. The minimum absolute atomic E-state index is 0.0562. The van der Waals surface area contributed by atoms with Gasteiger partial charge in [-0.1, -0.05) is 13.3 Å². The standard InChI is InChI=1S/C19H24N6O3/c1-2-5-16(18-20-21-22-25(18)14-15-6-3-12-27-15)23-8-10-24(11-9-23)19(26)17-7-4-13-28-17/h3-4,6-7,12-13,16H,2,5,8-11,14H2,1H3/t16-/m0/s1. The molecule has 3 aromatic heterocycles. The van der Waals surface area contributed by atoms with Crippen LogP contribution in [0.4, 0.5) is 0 Å². The molecule has 9 nitrogen and oxygen atoms in total. The molecule has 148 valence electrons. The Kier molecular flexibility index (Phi) is 5.52. The van der Waals surface area contributed by atoms with Gasteiger partial charge in [0, 0.05) is 26.2 Å². The molecule has 0 aliphatic carbocycles. The molecule has 1 atom stereocenters. The van der Waals surface area contributed by atoms with E-state index < -0.39 is 0 Å². The average Bonchev–Trinajstić information content (AvgIpc) is 3.49. The Hall–Kier alpha value is -2.94. The van der Waals surface area contributed by atoms with Crippen molar-refractivity contribution in [3.63, 3.8) is 0 Å². The lowest BCUT2D eigenvalue weighted by Gasteiger charge is -2.38. The van der Waals surface area contributed by atoms with Gasteiger partial charge in [-0.25, -0.2) is 4.68 Å². The molecule has 0 spiro atoms. The van der Waals surface area contributed by atoms with E-state index in [1.807, 2.05) is 17.0 Å². The van der Waals surface area contributed by atoms with Gasteiger partial charge in [-0.15, -0.1) is 5.10 Å². The average molecular weight is 384 g/mol. The Bertz CT molecular complexity index is 866. The predicted octanol–water partition coefficient (Wildman–Crippen LogP) is 2.21. The first-order valence-corrected chi connectivity index (χ1v) is 9.61. The first-order valence-electron chi connectivity index (χ1n) is 9.61. The van der Waals surface area contributed by atoms with Crippen LogP contribution in [0.25, 0.3) is 0 Å². The Labute approximate surface area is 162 Å². The van der Waals surface area contributed by atoms with Crippen LogP contribution in [-0.2, 0) is 6.54 Å². The van der Waals surface area contributed by atoms with Gasteiger partial charge < -0.3 is 13.7 Å². The van der Waals surface area contributed by atoms with Crippen molar-refractivity contribution in [3.8, 4) is 0 Å². The van der Waals surface area contributed by atoms with Crippen LogP contribution in [0.1, 0.15) is 47.9 Å². The fourth-order valence-corrected chi connectivity index (χ4v) is 3.65. The molecule has 1 amide bonds. The topological polar surface area (TPSA) is 93.4 Å². The summed E-state index contributed by atoms with van der Waals surface area (Å²) in [6, 6.07) is 7.32. The van der Waals surface area contributed by atoms with Crippen molar-refractivity contribution < 1.29 is 13.6 Å². The molecule has 0 saturated carbocycles. The number of hydrogen-bond acceptors (Lipinski definition) is 7. The number of carbonyl (C=O) groups excluding carboxylic acids is 1. The van der Waals surface area contributed by atoms with Crippen molar-refractivity contribution >= 4 is 5.91 Å². The molecule has 0 N–H and O–H groups in total. The molecule has 9 heteroatoms. The number of aromatic nitrogens is 4. The molecular formula is C19H24N6O3. The number of carbonyl (C=O) groups is 1. The molecule has 0 bridgehead atoms. The molecule has 0 radical (unpaired) electrons. The SMILES string of the molecule is CCC[C@@H](c1nnnn1Cc1ccco1)N1CCN(C(=O)c2ccco2)CC1. The number of amides is 1. The molecule has 1 aliphatic rings. The van der Waals surface area contributed by atoms with Crippen LogP contribution in [0.15, 0.2) is 45.6 Å². The van der Waals surface area contributed by atoms with Gasteiger partial charge in [0.2, 0.25) is 0 Å². The first-order chi connectivity index (χ1) is 13.8. The maximum Gasteiger partial charge on any atom is 0.289 e. The number of rotatable bonds is 7. The van der Waals surface area contributed by atoms with Crippen molar-refractivity contribution in [1.82, 2.24) is 30.0 Å². The molecule has 3 aromatic rings. The second-order valence-corrected chi connectivity index (χ2v) is 6.88. The van der Waals surface area contributed by atoms with Crippen LogP contribution in [0.3, 0.4) is 0 Å². The van der Waals surface area contributed by atoms with Gasteiger partial charge in [-0.3, -0.25) is 9.69 Å². The minimum atomic E-state index is -0.0562. The zero-order valence-electron chi connectivity index (χ0n) is 15.9. The van der Waals surface area contributed by atoms with Crippen molar-refractivity contribution in [3.05, 3.63) is 54.1 Å². The summed E-state index contributed by atoms with van der Waals surface area (Å²) in [6.07, 6.45) is 5.15. The van der Waals surface area contributed by atoms with Crippen LogP contribution in [0.2, 0.25) is 0 Å². The molecule has 4 rings (SSSR count). The molecule has 0 unspecified atom stereocenters. The van der Waals surface area contributed by atoms with E-state index >= 15 is 0 Å². The van der Waals surface area contributed by atoms with Gasteiger partial charge >= 0.3 is 0 Å². The summed E-state index contributed by atoms with van der Waals surface area (Å²) >= 11 is 0. The van der Waals surface area contributed by atoms with Gasteiger partial charge in [0.05, 0.1) is 18.6 Å². The molecule has 1 saturated heterocycles. The monoisotopic (exact) mass is 384 g/mol. The molecule has 4 heterocycles. The van der Waals surface area contributed by atoms with E-state index in [4.69, 9.17) is 8.83 Å². The van der Waals surface area contributed by atoms with Gasteiger partial charge in [-0.2, -0.15) is 0 Å². The number of furan rings is 2. The Balaban J connectivity index is 1.45. The lowest BCUT2D eigenvalue weighted by molar-refractivity contribution is 0.0514. The Morgan fingerprint density at radius 3 is 2.61 bits per heavy atom. The zero-order valence-corrected chi connectivity index (χ0v) is 15.9. The fraction of sp³-hybridized carbons (Fsp3) is 0.474. The quantitative estimate of drug-likeness (QED) is 0.616. The number of piperazine rings is 1. The van der Waals surface area contributed by atoms with E-state index in [0.29, 0.717) is 25.4 Å². The third-order valence-electron chi connectivity index (χ3n) is 5.08. The van der Waals surface area contributed by atoms with E-state index in [1.165, 1.54) is 6.26 Å². The van der Waals surface area contributed by atoms with Crippen LogP contribution >= 0.6 is 0 Å². The van der Waals surface area contributed by atoms with Gasteiger partial charge in [-0.05, 0) is 41.1 Å². The molecular weight excluding hydrogens is 360 g/mol. The summed E-state index contributed by atoms with van der Waals surface area (Å²) in [5, 5.41) is 12.4. The van der Waals surface area contributed by atoms with Crippen LogP contribution in [-0.4, -0.2) is 62.1 Å². The summed E-state index contributed by atoms with van der Waals surface area (Å²) in [6.45, 7) is 5.51. The van der Waals surface area contributed by atoms with Crippen LogP contribution in [0.5, 0.6) is 0 Å². The second kappa shape index (κ2) is 8.39. The third-order valence-corrected chi connectivity index (χ3v) is 5.08. The normalized spacial score (nSPS) is 16.4. The fourth-order valence-electron chi connectivity index (χ4n) is 3.65. The summed E-state index contributed by atoms with van der Waals surface area (Å²) in [4.78, 5) is 16.7. The molecule has 1 aliphatic heterocycles. The summed E-state index contributed by atoms with van der Waals surface area (Å²) in [5.74, 6) is 1.99. The zero-order chi connectivity index (χ0) is 19.3. The number of tetrazole rings is 1. The Morgan fingerprint density at radius 2 is 1.93 bits per heavy atom. The molecule has 0 aromatic carbocycles. The van der Waals surface area contributed by atoms with E-state index in [0.717, 1.165) is 37.5 Å². The molecule has 28 heavy (non-hydrogen) atoms. The van der Waals surface area contributed by atoms with Gasteiger partial charge in [0.1, 0.15) is 12.3 Å². The van der Waals surface area contributed by atoms with Gasteiger partial charge in [0.15, 0.2) is 11.6 Å². The lowest BCUT2D eigenvalue weighted by Crippen LogP contribution is -2.50. The van der Waals surface area contributed by atoms with E-state index in [9.17, 15) is 4.79 Å². The maximum absolute atomic E-state index is 12.5. The van der Waals surface area contributed by atoms with Crippen molar-refractivity contribution in [2.45, 2.75) is 32.4 Å². The van der Waals surface area contributed by atoms with Crippen molar-refractivity contribution in [2.24, 2.45) is 0 Å². The van der Waals surface area contributed by atoms with E-state index in [-0.39, 0.29) is 11.9 Å². The van der Waals surface area contributed by atoms with E-state index in [1.54, 1.807) is 23.1 Å². The molecule has 1 fully saturated rings. The first kappa shape index (κ1) is 18.4. The highest BCUT2D eigenvalue weighted by atomic mass is 16.3. The van der Waals surface area contributed by atoms with Crippen LogP contribution < -0.4 is 0 Å². The summed E-state index contributed by atoms with van der Waals surface area (Å²) in [7, 11) is 0. The maximum atomic E-state index is 12.5. The highest BCUT2D eigenvalue weighted by Crippen LogP contribution is 2.26. The highest BCUT2D eigenvalue weighted by Gasteiger charge is 2.30. The smallest absolute Gasteiger partial charge is 0.289 e. The van der Waals surface area contributed by atoms with Crippen LogP contribution in [0, 0.1) is 0 Å². The third kappa shape index (κ3) is 3.84. The van der Waals surface area contributed by atoms with Gasteiger partial charge in [0.25, 0.3) is 5.91 Å². The predicted molar refractivity (Wildman–Crippen MR) is 99.5 cm³/mol. The summed E-state index contributed by atoms with van der Waals surface area (Å²) in [5.41, 5.74) is 0. The highest BCUT2D eigenvalue weighted by molar-refractivity contribution is 5.91. The van der Waals surface area contributed by atoms with E-state index in [2.05, 4.69) is 27.3 Å². The van der Waals surface area contributed by atoms with Crippen molar-refractivity contribution in [1.29, 1.82) is 0 Å². The Morgan fingerprint density at radius 1 is 1.14 bits per heavy atom. The van der Waals surface area contributed by atoms with Crippen molar-refractivity contribution in [2.75, 3.05) is 26.2 Å². The minimum Gasteiger partial charge on any atom is -0.467 e. The number of nitrogens with zero attached hydrogens (tertiary/aromatic N) is 6. The second-order valence-electron chi connectivity index (χ2n) is 6.88. The summed E-state index contributed by atoms with van der Waals surface area (Å²) < 4.78 is 12.5.